The molecule has 0 saturated carbocycles. The highest BCUT2D eigenvalue weighted by Gasteiger charge is 2.22. The summed E-state index contributed by atoms with van der Waals surface area (Å²) in [5, 5.41) is 4.37. The van der Waals surface area contributed by atoms with Crippen molar-refractivity contribution in [2.45, 2.75) is 142 Å². The highest BCUT2D eigenvalue weighted by Crippen LogP contribution is 2.17. The van der Waals surface area contributed by atoms with Gasteiger partial charge in [-0.25, -0.2) is 4.79 Å². The maximum Gasteiger partial charge on any atom is 0.202 e. The van der Waals surface area contributed by atoms with Crippen LogP contribution in [0, 0.1) is 0 Å². The Morgan fingerprint density at radius 1 is 0.697 bits per heavy atom. The molecule has 1 aromatic rings. The van der Waals surface area contributed by atoms with Gasteiger partial charge in [0.1, 0.15) is 0 Å². The predicted molar refractivity (Wildman–Crippen MR) is 160 cm³/mol. The molecule has 0 aliphatic carbocycles. The molecule has 0 amide bonds. The quantitative estimate of drug-likeness (QED) is 0.106. The number of unbranched alkanes of at least 4 members (excludes halogenated alkanes) is 15. The van der Waals surface area contributed by atoms with Gasteiger partial charge in [0.05, 0.1) is 16.9 Å². The SMILES string of the molecule is CCCCCCCCCCCCCCCCCC[Si](C)(C)c1ccc([SiH](C)C)cc1.O=C=S. The fourth-order valence-corrected chi connectivity index (χ4v) is 8.03. The van der Waals surface area contributed by atoms with Crippen molar-refractivity contribution in [3.05, 3.63) is 24.3 Å². The lowest BCUT2D eigenvalue weighted by Gasteiger charge is -2.23. The number of hydrogen-bond donors (Lipinski definition) is 0. The molecule has 0 radical (unpaired) electrons. The minimum atomic E-state index is -1.23. The van der Waals surface area contributed by atoms with Crippen LogP contribution >= 0.6 is 12.2 Å². The van der Waals surface area contributed by atoms with Crippen molar-refractivity contribution in [3.8, 4) is 0 Å². The Bertz CT molecular complexity index is 592. The van der Waals surface area contributed by atoms with Crippen molar-refractivity contribution in [3.63, 3.8) is 0 Å². The highest BCUT2D eigenvalue weighted by molar-refractivity contribution is 7.78. The summed E-state index contributed by atoms with van der Waals surface area (Å²) in [5.41, 5.74) is 0. The van der Waals surface area contributed by atoms with Crippen LogP contribution in [0.15, 0.2) is 24.3 Å². The van der Waals surface area contributed by atoms with E-state index in [2.05, 4.69) is 69.6 Å². The second kappa shape index (κ2) is 22.0. The normalized spacial score (nSPS) is 11.2. The number of thiocarbonyl (C=S) groups is 1. The Hall–Kier alpha value is -0.546. The average molecular weight is 507 g/mol. The summed E-state index contributed by atoms with van der Waals surface area (Å²) < 4.78 is 0. The van der Waals surface area contributed by atoms with Crippen LogP contribution in [0.4, 0.5) is 0 Å². The molecule has 0 aromatic heterocycles. The predicted octanol–water partition coefficient (Wildman–Crippen LogP) is 8.81. The zero-order valence-corrected chi connectivity index (χ0v) is 25.7. The molecule has 4 heteroatoms. The molecule has 0 saturated heterocycles. The van der Waals surface area contributed by atoms with Crippen molar-refractivity contribution in [1.82, 2.24) is 0 Å². The molecule has 0 heterocycles. The molecule has 0 unspecified atom stereocenters. The summed E-state index contributed by atoms with van der Waals surface area (Å²) in [6, 6.07) is 11.2. The number of benzene rings is 1. The van der Waals surface area contributed by atoms with Crippen molar-refractivity contribution >= 4 is 44.7 Å². The summed E-state index contributed by atoms with van der Waals surface area (Å²) in [7, 11) is -1.87. The van der Waals surface area contributed by atoms with Gasteiger partial charge in [0, 0.05) is 12.2 Å². The summed E-state index contributed by atoms with van der Waals surface area (Å²) >= 11 is 3.59. The zero-order chi connectivity index (χ0) is 24.8. The molecule has 0 fully saturated rings. The Balaban J connectivity index is 0.00000322. The molecular formula is C29H54OSSi2. The van der Waals surface area contributed by atoms with E-state index in [1.165, 1.54) is 109 Å². The van der Waals surface area contributed by atoms with Gasteiger partial charge < -0.3 is 0 Å². The Morgan fingerprint density at radius 2 is 1.03 bits per heavy atom. The van der Waals surface area contributed by atoms with Crippen LogP contribution in [-0.4, -0.2) is 22.1 Å². The first kappa shape index (κ1) is 32.5. The molecule has 1 nitrogen and oxygen atoms in total. The topological polar surface area (TPSA) is 17.1 Å². The second-order valence-electron chi connectivity index (χ2n) is 10.8. The fourth-order valence-electron chi connectivity index (χ4n) is 4.58. The number of hydrogen-bond acceptors (Lipinski definition) is 2. The van der Waals surface area contributed by atoms with E-state index in [4.69, 9.17) is 4.79 Å². The van der Waals surface area contributed by atoms with Gasteiger partial charge in [0.15, 0.2) is 0 Å². The van der Waals surface area contributed by atoms with E-state index in [-0.39, 0.29) is 0 Å². The Labute approximate surface area is 215 Å². The van der Waals surface area contributed by atoms with E-state index in [1.54, 1.807) is 10.4 Å². The molecule has 1 rings (SSSR count). The first-order chi connectivity index (χ1) is 15.9. The summed E-state index contributed by atoms with van der Waals surface area (Å²) in [6.07, 6.45) is 23.4. The van der Waals surface area contributed by atoms with E-state index < -0.39 is 16.9 Å². The highest BCUT2D eigenvalue weighted by atomic mass is 32.1. The molecule has 0 N–H and O–H groups in total. The lowest BCUT2D eigenvalue weighted by Crippen LogP contribution is -2.42. The first-order valence-corrected chi connectivity index (χ1v) is 20.5. The maximum atomic E-state index is 8.50. The van der Waals surface area contributed by atoms with E-state index in [0.717, 1.165) is 5.23 Å². The van der Waals surface area contributed by atoms with Gasteiger partial charge in [-0.05, 0) is 0 Å². The van der Waals surface area contributed by atoms with Gasteiger partial charge in [-0.2, -0.15) is 0 Å². The fraction of sp³-hybridized carbons (Fsp3) is 0.759. The van der Waals surface area contributed by atoms with Crippen LogP contribution in [0.5, 0.6) is 0 Å². The molecule has 33 heavy (non-hydrogen) atoms. The van der Waals surface area contributed by atoms with Crippen molar-refractivity contribution in [2.75, 3.05) is 0 Å². The number of carbonyl (C=O) groups excluding carboxylic acids is 1. The molecule has 0 bridgehead atoms. The van der Waals surface area contributed by atoms with Crippen LogP contribution in [0.2, 0.25) is 32.2 Å². The second-order valence-corrected chi connectivity index (χ2v) is 18.8. The third-order valence-corrected chi connectivity index (χ3v) is 12.2. The Kier molecular flexibility index (Phi) is 21.6. The van der Waals surface area contributed by atoms with Gasteiger partial charge in [0.2, 0.25) is 5.23 Å². The van der Waals surface area contributed by atoms with Gasteiger partial charge >= 0.3 is 0 Å². The van der Waals surface area contributed by atoms with Crippen LogP contribution in [-0.2, 0) is 4.79 Å². The molecule has 1 aromatic carbocycles. The van der Waals surface area contributed by atoms with E-state index in [9.17, 15) is 0 Å². The first-order valence-electron chi connectivity index (χ1n) is 14.0. The van der Waals surface area contributed by atoms with Crippen molar-refractivity contribution < 1.29 is 4.79 Å². The third kappa shape index (κ3) is 18.5. The van der Waals surface area contributed by atoms with Gasteiger partial charge in [-0.3, -0.25) is 0 Å². The molecular weight excluding hydrogens is 453 g/mol. The molecule has 0 spiro atoms. The van der Waals surface area contributed by atoms with Crippen molar-refractivity contribution in [2.24, 2.45) is 0 Å². The summed E-state index contributed by atoms with van der Waals surface area (Å²) in [6.45, 7) is 12.3. The number of rotatable bonds is 19. The molecule has 190 valence electrons. The third-order valence-electron chi connectivity index (χ3n) is 7.01. The maximum absolute atomic E-state index is 8.50. The lowest BCUT2D eigenvalue weighted by molar-refractivity contribution is 0.531. The van der Waals surface area contributed by atoms with E-state index in [1.807, 2.05) is 0 Å². The largest absolute Gasteiger partial charge is 0.220 e. The lowest BCUT2D eigenvalue weighted by atomic mass is 10.0. The molecule has 0 aliphatic rings. The minimum absolute atomic E-state index is 0.645. The van der Waals surface area contributed by atoms with Crippen LogP contribution in [0.1, 0.15) is 110 Å². The average Bonchev–Trinajstić information content (AvgIpc) is 2.79. The summed E-state index contributed by atoms with van der Waals surface area (Å²) in [5.74, 6) is 0. The van der Waals surface area contributed by atoms with Crippen LogP contribution < -0.4 is 10.4 Å². The van der Waals surface area contributed by atoms with Crippen LogP contribution in [0.3, 0.4) is 0 Å². The minimum Gasteiger partial charge on any atom is -0.220 e. The van der Waals surface area contributed by atoms with Crippen LogP contribution in [0.25, 0.3) is 0 Å². The standard InChI is InChI=1S/C28H54Si2.COS/c1-6-7-8-9-10-11-12-13-14-15-16-17-18-19-20-21-26-30(4,5)28-24-22-27(23-25-28)29(2)3;2-1-3/h22-25,29H,6-21,26H2,1-5H3;. The van der Waals surface area contributed by atoms with Gasteiger partial charge in [0.25, 0.3) is 0 Å². The monoisotopic (exact) mass is 506 g/mol. The van der Waals surface area contributed by atoms with E-state index in [0.29, 0.717) is 0 Å². The summed E-state index contributed by atoms with van der Waals surface area (Å²) in [4.78, 5) is 8.50. The van der Waals surface area contributed by atoms with Gasteiger partial charge in [-0.15, -0.1) is 0 Å². The Morgan fingerprint density at radius 3 is 1.36 bits per heavy atom. The van der Waals surface area contributed by atoms with E-state index >= 15 is 0 Å². The zero-order valence-electron chi connectivity index (χ0n) is 22.7. The molecule has 0 aliphatic heterocycles. The smallest absolute Gasteiger partial charge is 0.202 e. The van der Waals surface area contributed by atoms with Gasteiger partial charge in [-0.1, -0.05) is 177 Å². The molecule has 0 atom stereocenters. The van der Waals surface area contributed by atoms with Crippen molar-refractivity contribution in [1.29, 1.82) is 0 Å².